The Kier molecular flexibility index (Phi) is 4.87. The Morgan fingerprint density at radius 2 is 2.11 bits per heavy atom. The molecule has 0 bridgehead atoms. The molecule has 1 aromatic carbocycles. The van der Waals surface area contributed by atoms with Gasteiger partial charge in [0.1, 0.15) is 18.5 Å². The molecule has 6 nitrogen and oxygen atoms in total. The summed E-state index contributed by atoms with van der Waals surface area (Å²) in [5.41, 5.74) is 1.68. The number of likely N-dealkylation sites (tertiary alicyclic amines) is 1. The average Bonchev–Trinajstić information content (AvgIpc) is 3.25. The van der Waals surface area contributed by atoms with Crippen molar-refractivity contribution >= 4 is 11.4 Å². The van der Waals surface area contributed by atoms with Crippen LogP contribution in [0.1, 0.15) is 28.3 Å². The first-order valence-corrected chi connectivity index (χ1v) is 9.16. The number of aromatic amines is 1. The molecule has 4 N–H and O–H groups in total. The number of H-pyrrole nitrogens is 1. The maximum absolute atomic E-state index is 13.8. The second-order valence-electron chi connectivity index (χ2n) is 7.00. The molecule has 1 aliphatic rings. The standard InChI is InChI=1S/C20H21FN4O2/c21-16-6-2-1-5-14(16)11-22-20(27)19-17-7-3-4-9-25(17)18(23-19)13-24-10-8-15(26)12-24/h1-7,9,15,26H,8,10-13H2,(H,22,27)/p+2. The first-order valence-electron chi connectivity index (χ1n) is 9.16. The second kappa shape index (κ2) is 7.46. The van der Waals surface area contributed by atoms with Gasteiger partial charge in [0.2, 0.25) is 5.69 Å². The summed E-state index contributed by atoms with van der Waals surface area (Å²) in [5.74, 6) is 0.302. The number of aliphatic hydroxyl groups excluding tert-OH is 1. The fraction of sp³-hybridized carbons (Fsp3) is 0.300. The van der Waals surface area contributed by atoms with Crippen LogP contribution in [0.15, 0.2) is 48.7 Å². The van der Waals surface area contributed by atoms with E-state index in [1.165, 1.54) is 11.0 Å². The van der Waals surface area contributed by atoms with E-state index in [9.17, 15) is 14.3 Å². The van der Waals surface area contributed by atoms with Gasteiger partial charge in [-0.2, -0.15) is 4.40 Å². The minimum absolute atomic E-state index is 0.127. The second-order valence-corrected chi connectivity index (χ2v) is 7.00. The van der Waals surface area contributed by atoms with Crippen molar-refractivity contribution in [2.24, 2.45) is 0 Å². The van der Waals surface area contributed by atoms with E-state index in [1.54, 1.807) is 18.2 Å². The van der Waals surface area contributed by atoms with Crippen molar-refractivity contribution in [3.05, 3.63) is 71.6 Å². The summed E-state index contributed by atoms with van der Waals surface area (Å²) in [6.07, 6.45) is 2.46. The zero-order valence-electron chi connectivity index (χ0n) is 14.9. The van der Waals surface area contributed by atoms with Crippen molar-refractivity contribution in [1.82, 2.24) is 10.3 Å². The third kappa shape index (κ3) is 3.70. The Balaban J connectivity index is 1.56. The number of hydrogen-bond donors (Lipinski definition) is 4. The topological polar surface area (TPSA) is 73.7 Å². The van der Waals surface area contributed by atoms with E-state index in [-0.39, 0.29) is 24.4 Å². The molecule has 0 radical (unpaired) electrons. The fourth-order valence-electron chi connectivity index (χ4n) is 3.66. The van der Waals surface area contributed by atoms with Gasteiger partial charge >= 0.3 is 5.82 Å². The van der Waals surface area contributed by atoms with Crippen molar-refractivity contribution in [3.8, 4) is 0 Å². The van der Waals surface area contributed by atoms with Crippen LogP contribution in [0.5, 0.6) is 0 Å². The quantitative estimate of drug-likeness (QED) is 0.477. The smallest absolute Gasteiger partial charge is 0.316 e. The van der Waals surface area contributed by atoms with Crippen molar-refractivity contribution in [3.63, 3.8) is 0 Å². The molecular weight excluding hydrogens is 347 g/mol. The van der Waals surface area contributed by atoms with E-state index >= 15 is 0 Å². The molecule has 0 spiro atoms. The van der Waals surface area contributed by atoms with E-state index in [0.717, 1.165) is 24.3 Å². The number of nitrogens with one attached hydrogen (secondary N) is 3. The SMILES string of the molecule is O=C(NCc1ccccc1F)c1[nH]c(C[NH+]2CCC(O)C2)[n+]2ccccc12. The lowest BCUT2D eigenvalue weighted by Gasteiger charge is -2.08. The molecule has 0 saturated carbocycles. The average molecular weight is 370 g/mol. The number of fused-ring (bicyclic) bond motifs is 1. The van der Waals surface area contributed by atoms with Crippen LogP contribution < -0.4 is 14.6 Å². The summed E-state index contributed by atoms with van der Waals surface area (Å²) in [6.45, 7) is 2.44. The van der Waals surface area contributed by atoms with Crippen LogP contribution in [0, 0.1) is 5.82 Å². The predicted molar refractivity (Wildman–Crippen MR) is 96.5 cm³/mol. The number of rotatable bonds is 5. The highest BCUT2D eigenvalue weighted by atomic mass is 19.1. The molecule has 2 atom stereocenters. The predicted octanol–water partition coefficient (Wildman–Crippen LogP) is -0.0280. The van der Waals surface area contributed by atoms with Gasteiger partial charge in [-0.05, 0) is 18.2 Å². The zero-order valence-corrected chi connectivity index (χ0v) is 14.9. The number of pyridine rings is 1. The minimum Gasteiger partial charge on any atom is -0.387 e. The van der Waals surface area contributed by atoms with Crippen LogP contribution >= 0.6 is 0 Å². The van der Waals surface area contributed by atoms with Crippen LogP contribution in [0.3, 0.4) is 0 Å². The van der Waals surface area contributed by atoms with Crippen molar-refractivity contribution in [2.75, 3.05) is 13.1 Å². The number of aromatic nitrogens is 2. The molecule has 140 valence electrons. The lowest BCUT2D eigenvalue weighted by atomic mass is 10.2. The summed E-state index contributed by atoms with van der Waals surface area (Å²) in [6, 6.07) is 12.1. The van der Waals surface area contributed by atoms with Crippen LogP contribution in [-0.4, -0.2) is 35.2 Å². The lowest BCUT2D eigenvalue weighted by Crippen LogP contribution is -3.09. The van der Waals surface area contributed by atoms with Crippen molar-refractivity contribution < 1.29 is 23.6 Å². The Bertz CT molecular complexity index is 972. The normalized spacial score (nSPS) is 19.5. The van der Waals surface area contributed by atoms with Gasteiger partial charge in [-0.15, -0.1) is 0 Å². The summed E-state index contributed by atoms with van der Waals surface area (Å²) in [5, 5.41) is 12.5. The third-order valence-corrected chi connectivity index (χ3v) is 5.07. The Labute approximate surface area is 156 Å². The minimum atomic E-state index is -0.333. The lowest BCUT2D eigenvalue weighted by molar-refractivity contribution is -0.908. The molecule has 2 aromatic heterocycles. The third-order valence-electron chi connectivity index (χ3n) is 5.07. The number of imidazole rings is 1. The molecule has 1 saturated heterocycles. The van der Waals surface area contributed by atoms with E-state index < -0.39 is 0 Å². The van der Waals surface area contributed by atoms with Gasteiger partial charge < -0.3 is 15.3 Å². The molecule has 7 heteroatoms. The molecular formula is C20H23FN4O2+2. The van der Waals surface area contributed by atoms with E-state index in [0.29, 0.717) is 24.3 Å². The summed E-state index contributed by atoms with van der Waals surface area (Å²) in [4.78, 5) is 17.2. The molecule has 27 heavy (non-hydrogen) atoms. The summed E-state index contributed by atoms with van der Waals surface area (Å²) >= 11 is 0. The van der Waals surface area contributed by atoms with Gasteiger partial charge in [0, 0.05) is 18.5 Å². The molecule has 1 amide bonds. The first-order chi connectivity index (χ1) is 13.1. The molecule has 2 unspecified atom stereocenters. The number of carbonyl (C=O) groups is 1. The molecule has 1 aliphatic heterocycles. The van der Waals surface area contributed by atoms with E-state index in [4.69, 9.17) is 0 Å². The number of quaternary nitrogens is 1. The Morgan fingerprint density at radius 3 is 2.89 bits per heavy atom. The van der Waals surface area contributed by atoms with Gasteiger partial charge in [-0.1, -0.05) is 24.3 Å². The van der Waals surface area contributed by atoms with Crippen molar-refractivity contribution in [1.29, 1.82) is 0 Å². The van der Waals surface area contributed by atoms with Crippen LogP contribution in [0.2, 0.25) is 0 Å². The molecule has 3 aromatic rings. The number of hydrogen-bond acceptors (Lipinski definition) is 2. The Morgan fingerprint density at radius 1 is 1.30 bits per heavy atom. The van der Waals surface area contributed by atoms with Crippen molar-refractivity contribution in [2.45, 2.75) is 25.6 Å². The van der Waals surface area contributed by atoms with E-state index in [2.05, 4.69) is 10.3 Å². The van der Waals surface area contributed by atoms with Gasteiger partial charge in [0.15, 0.2) is 12.1 Å². The molecule has 3 heterocycles. The van der Waals surface area contributed by atoms with Crippen LogP contribution in [0.4, 0.5) is 4.39 Å². The van der Waals surface area contributed by atoms with Gasteiger partial charge in [-0.25, -0.2) is 9.37 Å². The summed E-state index contributed by atoms with van der Waals surface area (Å²) < 4.78 is 15.7. The number of amides is 1. The number of benzene rings is 1. The highest BCUT2D eigenvalue weighted by Crippen LogP contribution is 2.09. The van der Waals surface area contributed by atoms with Crippen LogP contribution in [0.25, 0.3) is 5.52 Å². The number of halogens is 1. The Hall–Kier alpha value is -2.77. The monoisotopic (exact) mass is 370 g/mol. The van der Waals surface area contributed by atoms with Gasteiger partial charge in [0.25, 0.3) is 5.91 Å². The zero-order chi connectivity index (χ0) is 18.8. The largest absolute Gasteiger partial charge is 0.387 e. The van der Waals surface area contributed by atoms with E-state index in [1.807, 2.05) is 28.8 Å². The highest BCUT2D eigenvalue weighted by molar-refractivity contribution is 5.97. The van der Waals surface area contributed by atoms with Crippen LogP contribution in [-0.2, 0) is 13.1 Å². The maximum Gasteiger partial charge on any atom is 0.316 e. The fourth-order valence-corrected chi connectivity index (χ4v) is 3.66. The number of carbonyl (C=O) groups excluding carboxylic acids is 1. The highest BCUT2D eigenvalue weighted by Gasteiger charge is 2.30. The number of nitrogens with zero attached hydrogens (tertiary/aromatic N) is 1. The first kappa shape index (κ1) is 17.6. The number of aliphatic hydroxyl groups is 1. The maximum atomic E-state index is 13.8. The summed E-state index contributed by atoms with van der Waals surface area (Å²) in [7, 11) is 0. The van der Waals surface area contributed by atoms with Gasteiger partial charge in [-0.3, -0.25) is 4.79 Å². The molecule has 4 rings (SSSR count). The van der Waals surface area contributed by atoms with Gasteiger partial charge in [0.05, 0.1) is 12.7 Å². The molecule has 0 aliphatic carbocycles. The molecule has 1 fully saturated rings.